The Kier molecular flexibility index (Phi) is 2.50. The SMILES string of the molecule is COc1nc(-c2ncco2)ccc1[N+](=O)O. The van der Waals surface area contributed by atoms with Crippen LogP contribution >= 0.6 is 0 Å². The third-order valence-corrected chi connectivity index (χ3v) is 1.89. The van der Waals surface area contributed by atoms with Gasteiger partial charge in [-0.25, -0.2) is 15.2 Å². The molecule has 2 heterocycles. The lowest BCUT2D eigenvalue weighted by Gasteiger charge is -1.99. The number of methoxy groups -OCH3 is 1. The van der Waals surface area contributed by atoms with Crippen LogP contribution in [-0.2, 0) is 0 Å². The van der Waals surface area contributed by atoms with Gasteiger partial charge in [-0.3, -0.25) is 0 Å². The Labute approximate surface area is 89.9 Å². The molecule has 0 aliphatic carbocycles. The molecule has 0 atom stereocenters. The van der Waals surface area contributed by atoms with Gasteiger partial charge in [-0.15, -0.1) is 0 Å². The number of hydrogen-bond acceptors (Lipinski definition) is 5. The van der Waals surface area contributed by atoms with Gasteiger partial charge in [0, 0.05) is 6.07 Å². The second-order valence-corrected chi connectivity index (χ2v) is 2.84. The van der Waals surface area contributed by atoms with Crippen molar-refractivity contribution < 1.29 is 19.3 Å². The maximum atomic E-state index is 10.7. The average Bonchev–Trinajstić information content (AvgIpc) is 2.81. The quantitative estimate of drug-likeness (QED) is 0.792. The van der Waals surface area contributed by atoms with Crippen molar-refractivity contribution in [2.45, 2.75) is 0 Å². The second-order valence-electron chi connectivity index (χ2n) is 2.84. The molecule has 0 spiro atoms. The van der Waals surface area contributed by atoms with Gasteiger partial charge in [-0.2, -0.15) is 0 Å². The standard InChI is InChI=1S/C9H8N3O4/c1-15-9-7(12(13)14)3-2-6(11-9)8-10-4-5-16-8/h2-5H,1H3,(H,13,14)/q+1. The average molecular weight is 222 g/mol. The van der Waals surface area contributed by atoms with Gasteiger partial charge in [-0.1, -0.05) is 0 Å². The molecule has 7 heteroatoms. The van der Waals surface area contributed by atoms with E-state index in [0.717, 1.165) is 0 Å². The number of rotatable bonds is 3. The van der Waals surface area contributed by atoms with Crippen LogP contribution in [0.1, 0.15) is 0 Å². The first-order valence-corrected chi connectivity index (χ1v) is 4.33. The van der Waals surface area contributed by atoms with Crippen molar-refractivity contribution in [2.24, 2.45) is 0 Å². The van der Waals surface area contributed by atoms with Crippen LogP contribution in [0.25, 0.3) is 11.6 Å². The summed E-state index contributed by atoms with van der Waals surface area (Å²) in [7, 11) is 1.34. The first-order valence-electron chi connectivity index (χ1n) is 4.33. The van der Waals surface area contributed by atoms with Crippen LogP contribution < -0.4 is 4.74 Å². The highest BCUT2D eigenvalue weighted by atomic mass is 16.6. The fourth-order valence-electron chi connectivity index (χ4n) is 1.20. The van der Waals surface area contributed by atoms with Crippen LogP contribution in [0, 0.1) is 4.91 Å². The minimum atomic E-state index is -0.314. The molecule has 16 heavy (non-hydrogen) atoms. The Bertz CT molecular complexity index is 509. The number of nitrogens with zero attached hydrogens (tertiary/aromatic N) is 3. The monoisotopic (exact) mass is 222 g/mol. The number of aromatic nitrogens is 2. The fraction of sp³-hybridized carbons (Fsp3) is 0.111. The molecule has 82 valence electrons. The van der Waals surface area contributed by atoms with Crippen LogP contribution in [0.5, 0.6) is 5.88 Å². The summed E-state index contributed by atoms with van der Waals surface area (Å²) in [6.07, 6.45) is 2.88. The molecule has 0 aliphatic heterocycles. The molecule has 7 nitrogen and oxygen atoms in total. The summed E-state index contributed by atoms with van der Waals surface area (Å²) in [6.45, 7) is 0. The van der Waals surface area contributed by atoms with Gasteiger partial charge in [0.1, 0.15) is 12.0 Å². The molecule has 0 fully saturated rings. The Hall–Kier alpha value is -2.44. The second kappa shape index (κ2) is 3.97. The fourth-order valence-corrected chi connectivity index (χ4v) is 1.20. The van der Waals surface area contributed by atoms with E-state index in [2.05, 4.69) is 9.97 Å². The summed E-state index contributed by atoms with van der Waals surface area (Å²) in [4.78, 5) is 18.3. The molecular weight excluding hydrogens is 214 g/mol. The van der Waals surface area contributed by atoms with Crippen molar-refractivity contribution in [2.75, 3.05) is 7.11 Å². The summed E-state index contributed by atoms with van der Waals surface area (Å²) >= 11 is 0. The van der Waals surface area contributed by atoms with Crippen molar-refractivity contribution in [3.8, 4) is 17.5 Å². The molecular formula is C9H8N3O4+. The highest BCUT2D eigenvalue weighted by Crippen LogP contribution is 2.27. The van der Waals surface area contributed by atoms with Crippen LogP contribution in [0.15, 0.2) is 29.0 Å². The molecule has 0 amide bonds. The minimum absolute atomic E-state index is 0.00630. The summed E-state index contributed by atoms with van der Waals surface area (Å²) < 4.78 is 9.90. The van der Waals surface area contributed by atoms with Crippen LogP contribution in [0.2, 0.25) is 0 Å². The van der Waals surface area contributed by atoms with Gasteiger partial charge >= 0.3 is 5.69 Å². The maximum absolute atomic E-state index is 10.7. The highest BCUT2D eigenvalue weighted by molar-refractivity contribution is 5.53. The van der Waals surface area contributed by atoms with Crippen LogP contribution in [0.3, 0.4) is 0 Å². The zero-order chi connectivity index (χ0) is 11.5. The lowest BCUT2D eigenvalue weighted by molar-refractivity contribution is -0.730. The predicted molar refractivity (Wildman–Crippen MR) is 51.4 cm³/mol. The van der Waals surface area contributed by atoms with Gasteiger partial charge in [0.15, 0.2) is 0 Å². The topological polar surface area (TPSA) is 88.5 Å². The first kappa shape index (κ1) is 10.1. The normalized spacial score (nSPS) is 10.1. The third-order valence-electron chi connectivity index (χ3n) is 1.89. The van der Waals surface area contributed by atoms with Gasteiger partial charge in [0.05, 0.1) is 18.2 Å². The van der Waals surface area contributed by atoms with E-state index in [1.807, 2.05) is 0 Å². The molecule has 0 saturated heterocycles. The van der Waals surface area contributed by atoms with Crippen LogP contribution in [0.4, 0.5) is 5.69 Å². The van der Waals surface area contributed by atoms with Crippen molar-refractivity contribution in [1.82, 2.24) is 9.97 Å². The molecule has 1 N–H and O–H groups in total. The van der Waals surface area contributed by atoms with Gasteiger partial charge in [-0.05, 0) is 6.07 Å². The molecule has 2 rings (SSSR count). The molecule has 2 aromatic rings. The molecule has 0 saturated carbocycles. The molecule has 0 radical (unpaired) electrons. The Morgan fingerprint density at radius 1 is 1.50 bits per heavy atom. The Balaban J connectivity index is 2.49. The first-order chi connectivity index (χ1) is 7.72. The molecule has 0 aliphatic rings. The summed E-state index contributed by atoms with van der Waals surface area (Å²) in [5.41, 5.74) is 0.324. The predicted octanol–water partition coefficient (Wildman–Crippen LogP) is 1.54. The molecule has 0 aromatic carbocycles. The van der Waals surface area contributed by atoms with Crippen molar-refractivity contribution in [3.63, 3.8) is 0 Å². The van der Waals surface area contributed by atoms with Gasteiger partial charge < -0.3 is 9.15 Å². The minimum Gasteiger partial charge on any atom is -0.476 e. The van der Waals surface area contributed by atoms with Crippen molar-refractivity contribution in [1.29, 1.82) is 0 Å². The van der Waals surface area contributed by atoms with E-state index < -0.39 is 0 Å². The van der Waals surface area contributed by atoms with Crippen molar-refractivity contribution in [3.05, 3.63) is 29.5 Å². The summed E-state index contributed by atoms with van der Waals surface area (Å²) in [6, 6.07) is 2.85. The Morgan fingerprint density at radius 3 is 2.88 bits per heavy atom. The van der Waals surface area contributed by atoms with E-state index >= 15 is 0 Å². The van der Waals surface area contributed by atoms with E-state index in [1.54, 1.807) is 0 Å². The lowest BCUT2D eigenvalue weighted by Crippen LogP contribution is -1.99. The largest absolute Gasteiger partial charge is 0.476 e. The molecule has 2 aromatic heterocycles. The van der Waals surface area contributed by atoms with Crippen LogP contribution in [-0.4, -0.2) is 27.2 Å². The zero-order valence-corrected chi connectivity index (χ0v) is 8.32. The van der Waals surface area contributed by atoms with E-state index in [1.165, 1.54) is 31.7 Å². The number of ether oxygens (including phenoxy) is 1. The number of hydrogen-bond donors (Lipinski definition) is 1. The van der Waals surface area contributed by atoms with E-state index in [9.17, 15) is 4.91 Å². The van der Waals surface area contributed by atoms with E-state index in [4.69, 9.17) is 14.4 Å². The lowest BCUT2D eigenvalue weighted by atomic mass is 10.3. The maximum Gasteiger partial charge on any atom is 0.377 e. The van der Waals surface area contributed by atoms with Gasteiger partial charge in [0.25, 0.3) is 10.8 Å². The van der Waals surface area contributed by atoms with E-state index in [-0.39, 0.29) is 16.5 Å². The van der Waals surface area contributed by atoms with Crippen molar-refractivity contribution >= 4 is 5.69 Å². The molecule has 0 bridgehead atoms. The third kappa shape index (κ3) is 1.70. The number of pyridine rings is 1. The summed E-state index contributed by atoms with van der Waals surface area (Å²) in [5, 5.41) is 8.78. The summed E-state index contributed by atoms with van der Waals surface area (Å²) in [5.74, 6) is 0.299. The zero-order valence-electron chi connectivity index (χ0n) is 8.32. The van der Waals surface area contributed by atoms with Gasteiger partial charge in [0.2, 0.25) is 5.89 Å². The Morgan fingerprint density at radius 2 is 2.31 bits per heavy atom. The van der Waals surface area contributed by atoms with E-state index in [0.29, 0.717) is 11.6 Å². The number of oxazole rings is 1. The molecule has 0 unspecified atom stereocenters. The smallest absolute Gasteiger partial charge is 0.377 e. The highest BCUT2D eigenvalue weighted by Gasteiger charge is 2.22.